The number of nitrogens with zero attached hydrogens (tertiary/aromatic N) is 1. The molecule has 8 nitrogen and oxygen atoms in total. The molecule has 0 spiro atoms. The molecule has 0 radical (unpaired) electrons. The summed E-state index contributed by atoms with van der Waals surface area (Å²) < 4.78 is 61.9. The number of rotatable bonds is 9. The Labute approximate surface area is 149 Å². The van der Waals surface area contributed by atoms with Crippen molar-refractivity contribution >= 4 is 31.4 Å². The highest BCUT2D eigenvalue weighted by molar-refractivity contribution is 7.93. The van der Waals surface area contributed by atoms with Crippen molar-refractivity contribution < 1.29 is 26.3 Å². The lowest BCUT2D eigenvalue weighted by Crippen LogP contribution is -2.37. The average molecular weight is 392 g/mol. The van der Waals surface area contributed by atoms with Crippen molar-refractivity contribution in [3.8, 4) is 0 Å². The van der Waals surface area contributed by atoms with E-state index < -0.39 is 20.0 Å². The second-order valence-corrected chi connectivity index (χ2v) is 9.52. The molecule has 1 aliphatic rings. The van der Waals surface area contributed by atoms with E-state index >= 15 is 0 Å². The Bertz CT molecular complexity index is 747. The summed E-state index contributed by atoms with van der Waals surface area (Å²) in [6.07, 6.45) is 1.49. The normalized spacial score (nSPS) is 17.4. The highest BCUT2D eigenvalue weighted by atomic mass is 32.2. The predicted octanol–water partition coefficient (Wildman–Crippen LogP) is 1.02. The van der Waals surface area contributed by atoms with E-state index in [4.69, 9.17) is 9.47 Å². The van der Waals surface area contributed by atoms with E-state index in [0.29, 0.717) is 37.6 Å². The molecule has 0 unspecified atom stereocenters. The van der Waals surface area contributed by atoms with Crippen molar-refractivity contribution in [2.75, 3.05) is 54.0 Å². The van der Waals surface area contributed by atoms with E-state index in [1.165, 1.54) is 4.31 Å². The van der Waals surface area contributed by atoms with Crippen LogP contribution in [0.5, 0.6) is 0 Å². The summed E-state index contributed by atoms with van der Waals surface area (Å²) in [5.74, 6) is -0.0244. The largest absolute Gasteiger partial charge is 0.382 e. The predicted molar refractivity (Wildman–Crippen MR) is 96.9 cm³/mol. The zero-order chi connectivity index (χ0) is 18.3. The molecule has 25 heavy (non-hydrogen) atoms. The summed E-state index contributed by atoms with van der Waals surface area (Å²) >= 11 is 0. The zero-order valence-electron chi connectivity index (χ0n) is 14.2. The highest BCUT2D eigenvalue weighted by Gasteiger charge is 2.25. The van der Waals surface area contributed by atoms with Crippen LogP contribution in [-0.2, 0) is 29.5 Å². The minimum Gasteiger partial charge on any atom is -0.382 e. The second-order valence-electron chi connectivity index (χ2n) is 5.67. The lowest BCUT2D eigenvalue weighted by atomic mass is 10.2. The smallest absolute Gasteiger partial charge is 0.235 e. The number of ether oxygens (including phenoxy) is 2. The van der Waals surface area contributed by atoms with Gasteiger partial charge in [-0.05, 0) is 37.1 Å². The fourth-order valence-electron chi connectivity index (χ4n) is 2.42. The molecule has 0 atom stereocenters. The van der Waals surface area contributed by atoms with Crippen LogP contribution in [-0.4, -0.2) is 61.8 Å². The van der Waals surface area contributed by atoms with Crippen molar-refractivity contribution in [3.05, 3.63) is 24.3 Å². The molecule has 1 heterocycles. The number of hydrogen-bond acceptors (Lipinski definition) is 6. The van der Waals surface area contributed by atoms with Gasteiger partial charge in [0.15, 0.2) is 0 Å². The van der Waals surface area contributed by atoms with Gasteiger partial charge >= 0.3 is 0 Å². The Kier molecular flexibility index (Phi) is 7.05. The number of sulfonamides is 2. The summed E-state index contributed by atoms with van der Waals surface area (Å²) in [5, 5.41) is 0. The third-order valence-electron chi connectivity index (χ3n) is 3.71. The molecule has 2 rings (SSSR count). The summed E-state index contributed by atoms with van der Waals surface area (Å²) in [7, 11) is -5.26. The van der Waals surface area contributed by atoms with Crippen LogP contribution in [0.3, 0.4) is 0 Å². The quantitative estimate of drug-likeness (QED) is 0.630. The number of hydrogen-bond donors (Lipinski definition) is 1. The van der Waals surface area contributed by atoms with Gasteiger partial charge in [-0.3, -0.25) is 9.03 Å². The SMILES string of the molecule is COCCOCCS(=O)(=O)Nc1ccc(N2CCCCS2(=O)=O)cc1. The van der Waals surface area contributed by atoms with Crippen LogP contribution in [0.25, 0.3) is 0 Å². The van der Waals surface area contributed by atoms with Gasteiger partial charge in [0, 0.05) is 19.3 Å². The molecule has 1 aromatic carbocycles. The summed E-state index contributed by atoms with van der Waals surface area (Å²) in [4.78, 5) is 0. The molecule has 10 heteroatoms. The van der Waals surface area contributed by atoms with Gasteiger partial charge in [0.25, 0.3) is 0 Å². The topological polar surface area (TPSA) is 102 Å². The van der Waals surface area contributed by atoms with E-state index in [1.54, 1.807) is 31.4 Å². The van der Waals surface area contributed by atoms with Gasteiger partial charge in [0.2, 0.25) is 20.0 Å². The van der Waals surface area contributed by atoms with Gasteiger partial charge < -0.3 is 9.47 Å². The van der Waals surface area contributed by atoms with E-state index in [-0.39, 0.29) is 18.1 Å². The van der Waals surface area contributed by atoms with Crippen LogP contribution in [0.4, 0.5) is 11.4 Å². The first-order valence-corrected chi connectivity index (χ1v) is 11.3. The number of anilines is 2. The minimum absolute atomic E-state index is 0.0722. The first-order valence-electron chi connectivity index (χ1n) is 8.02. The Hall–Kier alpha value is -1.36. The maximum atomic E-state index is 12.1. The Morgan fingerprint density at radius 1 is 1.12 bits per heavy atom. The molecule has 0 bridgehead atoms. The molecule has 0 aliphatic carbocycles. The fraction of sp³-hybridized carbons (Fsp3) is 0.600. The van der Waals surface area contributed by atoms with Crippen molar-refractivity contribution in [2.24, 2.45) is 0 Å². The van der Waals surface area contributed by atoms with Crippen LogP contribution in [0.2, 0.25) is 0 Å². The van der Waals surface area contributed by atoms with Gasteiger partial charge in [-0.2, -0.15) is 0 Å². The monoisotopic (exact) mass is 392 g/mol. The first kappa shape index (κ1) is 20.0. The van der Waals surface area contributed by atoms with Crippen molar-refractivity contribution in [3.63, 3.8) is 0 Å². The van der Waals surface area contributed by atoms with Crippen LogP contribution in [0.15, 0.2) is 24.3 Å². The van der Waals surface area contributed by atoms with Gasteiger partial charge in [0.1, 0.15) is 0 Å². The number of nitrogens with one attached hydrogen (secondary N) is 1. The van der Waals surface area contributed by atoms with Gasteiger partial charge in [-0.1, -0.05) is 0 Å². The number of benzene rings is 1. The number of methoxy groups -OCH3 is 1. The molecule has 1 N–H and O–H groups in total. The third-order valence-corrected chi connectivity index (χ3v) is 6.83. The lowest BCUT2D eigenvalue weighted by molar-refractivity contribution is 0.0785. The van der Waals surface area contributed by atoms with Crippen LogP contribution in [0, 0.1) is 0 Å². The third kappa shape index (κ3) is 6.14. The van der Waals surface area contributed by atoms with E-state index in [1.807, 2.05) is 0 Å². The second kappa shape index (κ2) is 8.84. The molecular formula is C15H24N2O6S2. The first-order chi connectivity index (χ1) is 11.8. The van der Waals surface area contributed by atoms with E-state index in [0.717, 1.165) is 6.42 Å². The molecule has 142 valence electrons. The van der Waals surface area contributed by atoms with Crippen molar-refractivity contribution in [2.45, 2.75) is 12.8 Å². The maximum Gasteiger partial charge on any atom is 0.235 e. The summed E-state index contributed by atoms with van der Waals surface area (Å²) in [5.41, 5.74) is 0.931. The van der Waals surface area contributed by atoms with E-state index in [9.17, 15) is 16.8 Å². The molecule has 0 amide bonds. The molecule has 1 aliphatic heterocycles. The summed E-state index contributed by atoms with van der Waals surface area (Å²) in [6, 6.07) is 6.33. The Balaban J connectivity index is 1.93. The van der Waals surface area contributed by atoms with Crippen LogP contribution >= 0.6 is 0 Å². The molecule has 1 saturated heterocycles. The summed E-state index contributed by atoms with van der Waals surface area (Å²) in [6.45, 7) is 1.27. The molecule has 1 fully saturated rings. The highest BCUT2D eigenvalue weighted by Crippen LogP contribution is 2.25. The van der Waals surface area contributed by atoms with Gasteiger partial charge in [-0.15, -0.1) is 0 Å². The van der Waals surface area contributed by atoms with Crippen molar-refractivity contribution in [1.29, 1.82) is 0 Å². The van der Waals surface area contributed by atoms with Crippen LogP contribution < -0.4 is 9.03 Å². The Morgan fingerprint density at radius 3 is 2.48 bits per heavy atom. The molecular weight excluding hydrogens is 368 g/mol. The van der Waals surface area contributed by atoms with Crippen LogP contribution in [0.1, 0.15) is 12.8 Å². The maximum absolute atomic E-state index is 12.1. The van der Waals surface area contributed by atoms with Crippen molar-refractivity contribution in [1.82, 2.24) is 0 Å². The van der Waals surface area contributed by atoms with Gasteiger partial charge in [-0.25, -0.2) is 16.8 Å². The minimum atomic E-state index is -3.53. The standard InChI is InChI=1S/C15H24N2O6S2/c1-22-9-10-23-11-13-24(18,19)16-14-4-6-15(7-5-14)17-8-2-3-12-25(17,20)21/h4-7,16H,2-3,8-13H2,1H3. The zero-order valence-corrected chi connectivity index (χ0v) is 15.8. The Morgan fingerprint density at radius 2 is 1.84 bits per heavy atom. The molecule has 0 saturated carbocycles. The lowest BCUT2D eigenvalue weighted by Gasteiger charge is -2.28. The average Bonchev–Trinajstić information content (AvgIpc) is 2.55. The molecule has 0 aromatic heterocycles. The fourth-order valence-corrected chi connectivity index (χ4v) is 4.99. The van der Waals surface area contributed by atoms with E-state index in [2.05, 4.69) is 4.72 Å². The van der Waals surface area contributed by atoms with Gasteiger partial charge in [0.05, 0.1) is 37.0 Å². The molecule has 1 aromatic rings.